The predicted molar refractivity (Wildman–Crippen MR) is 65.8 cm³/mol. The molecule has 0 heterocycles. The molecule has 0 aliphatic heterocycles. The summed E-state index contributed by atoms with van der Waals surface area (Å²) in [6.45, 7) is 3.83. The van der Waals surface area contributed by atoms with E-state index in [0.29, 0.717) is 21.7 Å². The minimum Gasteiger partial charge on any atom is -0.289 e. The van der Waals surface area contributed by atoms with E-state index in [-0.39, 0.29) is 5.78 Å². The summed E-state index contributed by atoms with van der Waals surface area (Å²) >= 11 is 5.87. The topological polar surface area (TPSA) is 17.1 Å². The zero-order valence-electron chi connectivity index (χ0n) is 8.61. The zero-order valence-corrected chi connectivity index (χ0v) is 9.37. The second-order valence-electron chi connectivity index (χ2n) is 3.50. The molecule has 1 nitrogen and oxygen atoms in total. The van der Waals surface area contributed by atoms with Crippen molar-refractivity contribution >= 4 is 17.4 Å². The fraction of sp³-hybridized carbons (Fsp3) is 0. The van der Waals surface area contributed by atoms with E-state index in [1.165, 1.54) is 0 Å². The second-order valence-corrected chi connectivity index (χ2v) is 3.93. The van der Waals surface area contributed by atoms with Gasteiger partial charge in [-0.25, -0.2) is 0 Å². The summed E-state index contributed by atoms with van der Waals surface area (Å²) in [6, 6.07) is 14.2. The number of carbonyl (C=O) groups is 1. The summed E-state index contributed by atoms with van der Waals surface area (Å²) in [5.41, 5.74) is 1.90. The van der Waals surface area contributed by atoms with Gasteiger partial charge in [-0.1, -0.05) is 48.0 Å². The quantitative estimate of drug-likeness (QED) is 0.717. The summed E-state index contributed by atoms with van der Waals surface area (Å²) in [5.74, 6) is -0.0481. The largest absolute Gasteiger partial charge is 0.289 e. The Labute approximate surface area is 99.7 Å². The van der Waals surface area contributed by atoms with Crippen LogP contribution >= 0.6 is 11.6 Å². The van der Waals surface area contributed by atoms with Crippen LogP contribution in [0.2, 0.25) is 5.02 Å². The maximum atomic E-state index is 12.1. The van der Waals surface area contributed by atoms with Crippen molar-refractivity contribution in [1.82, 2.24) is 0 Å². The zero-order chi connectivity index (χ0) is 11.5. The fourth-order valence-corrected chi connectivity index (χ4v) is 1.68. The van der Waals surface area contributed by atoms with Crippen molar-refractivity contribution in [3.8, 4) is 0 Å². The first-order chi connectivity index (χ1) is 7.68. The first-order valence-corrected chi connectivity index (χ1v) is 5.27. The summed E-state index contributed by atoms with van der Waals surface area (Å²) in [5, 5.41) is 0.548. The van der Waals surface area contributed by atoms with Crippen molar-refractivity contribution in [2.75, 3.05) is 0 Å². The molecule has 2 aromatic rings. The van der Waals surface area contributed by atoms with Crippen LogP contribution in [0.1, 0.15) is 21.5 Å². The smallest absolute Gasteiger partial charge is 0.193 e. The Kier molecular flexibility index (Phi) is 3.07. The van der Waals surface area contributed by atoms with E-state index in [1.54, 1.807) is 30.3 Å². The Morgan fingerprint density at radius 2 is 1.75 bits per heavy atom. The number of carbonyl (C=O) groups excluding carboxylic acids is 1. The lowest BCUT2D eigenvalue weighted by Crippen LogP contribution is -2.03. The van der Waals surface area contributed by atoms with Gasteiger partial charge < -0.3 is 0 Å². The highest BCUT2D eigenvalue weighted by molar-refractivity contribution is 6.31. The third kappa shape index (κ3) is 2.15. The predicted octanol–water partition coefficient (Wildman–Crippen LogP) is 3.75. The van der Waals surface area contributed by atoms with E-state index in [0.717, 1.165) is 0 Å². The van der Waals surface area contributed by atoms with Crippen molar-refractivity contribution in [3.05, 3.63) is 77.2 Å². The minimum absolute atomic E-state index is 0.0481. The van der Waals surface area contributed by atoms with Crippen LogP contribution in [-0.4, -0.2) is 5.78 Å². The number of hydrogen-bond donors (Lipinski definition) is 0. The molecule has 16 heavy (non-hydrogen) atoms. The highest BCUT2D eigenvalue weighted by Crippen LogP contribution is 2.18. The number of halogens is 1. The van der Waals surface area contributed by atoms with Crippen LogP contribution in [-0.2, 0) is 0 Å². The highest BCUT2D eigenvalue weighted by Gasteiger charge is 2.11. The highest BCUT2D eigenvalue weighted by atomic mass is 35.5. The van der Waals surface area contributed by atoms with Crippen LogP contribution in [0.5, 0.6) is 0 Å². The summed E-state index contributed by atoms with van der Waals surface area (Å²) in [6.07, 6.45) is 0. The maximum absolute atomic E-state index is 12.1. The van der Waals surface area contributed by atoms with E-state index in [9.17, 15) is 4.79 Å². The molecule has 0 unspecified atom stereocenters. The molecule has 79 valence electrons. The molecule has 0 saturated carbocycles. The van der Waals surface area contributed by atoms with Gasteiger partial charge in [0.1, 0.15) is 0 Å². The molecule has 0 bridgehead atoms. The monoisotopic (exact) mass is 229 g/mol. The number of hydrogen-bond acceptors (Lipinski definition) is 1. The maximum Gasteiger partial charge on any atom is 0.193 e. The molecule has 0 N–H and O–H groups in total. The van der Waals surface area contributed by atoms with Gasteiger partial charge >= 0.3 is 0 Å². The first-order valence-electron chi connectivity index (χ1n) is 4.90. The molecule has 0 aliphatic rings. The van der Waals surface area contributed by atoms with Gasteiger partial charge in [0.2, 0.25) is 0 Å². The normalized spacial score (nSPS) is 10.1. The summed E-state index contributed by atoms with van der Waals surface area (Å²) < 4.78 is 0. The SMILES string of the molecule is [CH2]c1ccc(Cl)cc1C(=O)c1ccccc1. The molecule has 0 atom stereocenters. The molecule has 0 amide bonds. The van der Waals surface area contributed by atoms with Gasteiger partial charge in [-0.2, -0.15) is 0 Å². The third-order valence-corrected chi connectivity index (χ3v) is 2.59. The Hall–Kier alpha value is -1.60. The molecule has 2 aromatic carbocycles. The summed E-state index contributed by atoms with van der Waals surface area (Å²) in [4.78, 5) is 12.1. The van der Waals surface area contributed by atoms with Crippen LogP contribution in [0.25, 0.3) is 0 Å². The van der Waals surface area contributed by atoms with Gasteiger partial charge in [0.25, 0.3) is 0 Å². The first kappa shape index (κ1) is 10.9. The van der Waals surface area contributed by atoms with Crippen molar-refractivity contribution in [2.24, 2.45) is 0 Å². The molecule has 0 spiro atoms. The molecule has 0 aliphatic carbocycles. The minimum atomic E-state index is -0.0481. The lowest BCUT2D eigenvalue weighted by molar-refractivity contribution is 0.103. The van der Waals surface area contributed by atoms with E-state index in [2.05, 4.69) is 6.92 Å². The van der Waals surface area contributed by atoms with Gasteiger partial charge in [0, 0.05) is 16.1 Å². The second kappa shape index (κ2) is 4.50. The van der Waals surface area contributed by atoms with E-state index in [1.807, 2.05) is 18.2 Å². The molecule has 1 radical (unpaired) electrons. The molecular weight excluding hydrogens is 220 g/mol. The van der Waals surface area contributed by atoms with Crippen LogP contribution in [0.15, 0.2) is 48.5 Å². The average molecular weight is 230 g/mol. The van der Waals surface area contributed by atoms with Crippen LogP contribution in [0.4, 0.5) is 0 Å². The van der Waals surface area contributed by atoms with Gasteiger partial charge in [0.15, 0.2) is 5.78 Å². The number of benzene rings is 2. The molecular formula is C14H10ClO. The Bertz CT molecular complexity index is 518. The van der Waals surface area contributed by atoms with E-state index < -0.39 is 0 Å². The van der Waals surface area contributed by atoms with Crippen molar-refractivity contribution < 1.29 is 4.79 Å². The number of ketones is 1. The van der Waals surface area contributed by atoms with Gasteiger partial charge in [-0.05, 0) is 24.6 Å². The molecule has 0 aromatic heterocycles. The Morgan fingerprint density at radius 1 is 1.06 bits per heavy atom. The van der Waals surface area contributed by atoms with Crippen LogP contribution < -0.4 is 0 Å². The molecule has 0 saturated heterocycles. The Balaban J connectivity index is 2.46. The van der Waals surface area contributed by atoms with Gasteiger partial charge in [0.05, 0.1) is 0 Å². The standard InChI is InChI=1S/C14H10ClO/c1-10-7-8-12(15)9-13(10)14(16)11-5-3-2-4-6-11/h2-9H,1H2. The fourth-order valence-electron chi connectivity index (χ4n) is 1.51. The van der Waals surface area contributed by atoms with Gasteiger partial charge in [-0.15, -0.1) is 0 Å². The van der Waals surface area contributed by atoms with Gasteiger partial charge in [-0.3, -0.25) is 4.79 Å². The Morgan fingerprint density at radius 3 is 2.44 bits per heavy atom. The van der Waals surface area contributed by atoms with Crippen molar-refractivity contribution in [3.63, 3.8) is 0 Å². The lowest BCUT2D eigenvalue weighted by atomic mass is 9.99. The van der Waals surface area contributed by atoms with E-state index in [4.69, 9.17) is 11.6 Å². The molecule has 0 fully saturated rings. The molecule has 2 rings (SSSR count). The summed E-state index contributed by atoms with van der Waals surface area (Å²) in [7, 11) is 0. The number of rotatable bonds is 2. The van der Waals surface area contributed by atoms with Crippen molar-refractivity contribution in [2.45, 2.75) is 0 Å². The van der Waals surface area contributed by atoms with Crippen LogP contribution in [0.3, 0.4) is 0 Å². The lowest BCUT2D eigenvalue weighted by Gasteiger charge is -2.05. The average Bonchev–Trinajstić information content (AvgIpc) is 2.32. The van der Waals surface area contributed by atoms with Crippen LogP contribution in [0, 0.1) is 6.92 Å². The molecule has 2 heteroatoms. The van der Waals surface area contributed by atoms with Crippen molar-refractivity contribution in [1.29, 1.82) is 0 Å². The van der Waals surface area contributed by atoms with E-state index >= 15 is 0 Å². The third-order valence-electron chi connectivity index (χ3n) is 2.35.